The molecule has 3 aromatic carbocycles. The average molecular weight is 767 g/mol. The van der Waals surface area contributed by atoms with Crippen LogP contribution in [0.4, 0.5) is 17.1 Å². The molecule has 5 rings (SSSR count). The third kappa shape index (κ3) is 8.43. The van der Waals surface area contributed by atoms with Gasteiger partial charge in [-0.15, -0.1) is 0 Å². The quantitative estimate of drug-likeness (QED) is 0.169. The summed E-state index contributed by atoms with van der Waals surface area (Å²) in [4.78, 5) is 18.6. The van der Waals surface area contributed by atoms with Crippen LogP contribution in [0.2, 0.25) is 0 Å². The van der Waals surface area contributed by atoms with Gasteiger partial charge in [-0.2, -0.15) is 6.67 Å². The summed E-state index contributed by atoms with van der Waals surface area (Å²) in [5.74, 6) is 2.74. The van der Waals surface area contributed by atoms with Crippen LogP contribution < -0.4 is 19.4 Å². The molecule has 1 fully saturated rings. The maximum absolute atomic E-state index is 12.0. The number of halogens is 2. The molecule has 8 heteroatoms. The van der Waals surface area contributed by atoms with E-state index in [2.05, 4.69) is 108 Å². The Balaban J connectivity index is 0.000000238. The van der Waals surface area contributed by atoms with Crippen molar-refractivity contribution in [3.63, 3.8) is 0 Å². The summed E-state index contributed by atoms with van der Waals surface area (Å²) in [6.45, 7) is 24.8. The summed E-state index contributed by atoms with van der Waals surface area (Å²) in [7, 11) is 13.6. The molecule has 3 aromatic rings. The summed E-state index contributed by atoms with van der Waals surface area (Å²) in [5.41, 5.74) is 10.3. The number of amides is 1. The predicted molar refractivity (Wildman–Crippen MR) is 200 cm³/mol. The molecule has 258 valence electrons. The molecule has 1 amide bonds. The van der Waals surface area contributed by atoms with Gasteiger partial charge in [-0.05, 0) is 45.9 Å². The van der Waals surface area contributed by atoms with Crippen LogP contribution in [0.3, 0.4) is 0 Å². The number of carbonyl (C=O) groups is 1. The minimum absolute atomic E-state index is 0.0203. The SMILES string of the molecule is CC(C)c1cccc(C(C)C)c1N1[CH-]N(c2c(C(C)C)cccc2C(C)C)CC1.CCC1Oc2c([CH]=[Ru]([Cl])[Cl])cccc2N(C)C1=O. The zero-order valence-electron chi connectivity index (χ0n) is 29.6. The number of hydrogen-bond acceptors (Lipinski definition) is 4. The molecule has 47 heavy (non-hydrogen) atoms. The van der Waals surface area contributed by atoms with E-state index in [-0.39, 0.29) is 5.91 Å². The van der Waals surface area contributed by atoms with Gasteiger partial charge in [0.15, 0.2) is 0 Å². The monoisotopic (exact) mass is 766 g/mol. The normalized spacial score (nSPS) is 16.5. The van der Waals surface area contributed by atoms with Crippen LogP contribution in [0.1, 0.15) is 120 Å². The van der Waals surface area contributed by atoms with Crippen molar-refractivity contribution in [2.75, 3.05) is 34.8 Å². The van der Waals surface area contributed by atoms with Gasteiger partial charge in [-0.3, -0.25) is 0 Å². The Morgan fingerprint density at radius 1 is 0.787 bits per heavy atom. The van der Waals surface area contributed by atoms with Crippen LogP contribution in [0, 0.1) is 6.67 Å². The van der Waals surface area contributed by atoms with Crippen molar-refractivity contribution < 1.29 is 23.0 Å². The first kappa shape index (κ1) is 37.4. The third-order valence-electron chi connectivity index (χ3n) is 8.93. The number of likely N-dealkylation sites (N-methyl/N-ethyl adjacent to an activating group) is 1. The Bertz CT molecular complexity index is 1460. The molecular formula is C39H52Cl2N3O2Ru-. The van der Waals surface area contributed by atoms with Crippen molar-refractivity contribution in [3.05, 3.63) is 89.1 Å². The first-order chi connectivity index (χ1) is 22.3. The third-order valence-corrected chi connectivity index (χ3v) is 10.8. The Kier molecular flexibility index (Phi) is 13.0. The summed E-state index contributed by atoms with van der Waals surface area (Å²) in [5, 5.41) is 0. The van der Waals surface area contributed by atoms with E-state index in [1.54, 1.807) is 11.9 Å². The van der Waals surface area contributed by atoms with E-state index in [1.165, 1.54) is 33.6 Å². The van der Waals surface area contributed by atoms with Gasteiger partial charge < -0.3 is 9.80 Å². The van der Waals surface area contributed by atoms with Crippen LogP contribution in [-0.2, 0) is 18.3 Å². The van der Waals surface area contributed by atoms with Gasteiger partial charge in [0.25, 0.3) is 0 Å². The van der Waals surface area contributed by atoms with Gasteiger partial charge in [-0.25, -0.2) is 0 Å². The first-order valence-electron chi connectivity index (χ1n) is 16.8. The van der Waals surface area contributed by atoms with Crippen molar-refractivity contribution >= 4 is 47.0 Å². The number of nitrogens with zero attached hydrogens (tertiary/aromatic N) is 3. The molecule has 0 radical (unpaired) electrons. The Morgan fingerprint density at radius 2 is 1.21 bits per heavy atom. The zero-order chi connectivity index (χ0) is 34.6. The number of carbonyl (C=O) groups excluding carboxylic acids is 1. The molecule has 0 aromatic heterocycles. The Morgan fingerprint density at radius 3 is 1.60 bits per heavy atom. The average Bonchev–Trinajstić information content (AvgIpc) is 3.52. The van der Waals surface area contributed by atoms with E-state index >= 15 is 0 Å². The van der Waals surface area contributed by atoms with Gasteiger partial charge in [0.1, 0.15) is 0 Å². The molecule has 2 aliphatic rings. The van der Waals surface area contributed by atoms with Crippen molar-refractivity contribution in [2.45, 2.75) is 98.5 Å². The summed E-state index contributed by atoms with van der Waals surface area (Å²) in [6.07, 6.45) is 0.211. The number of benzene rings is 3. The second-order valence-corrected chi connectivity index (χ2v) is 19.3. The number of ether oxygens (including phenoxy) is 1. The summed E-state index contributed by atoms with van der Waals surface area (Å²) in [6, 6.07) is 19.3. The van der Waals surface area contributed by atoms with Crippen LogP contribution >= 0.6 is 19.4 Å². The molecular weight excluding hydrogens is 714 g/mol. The fourth-order valence-electron chi connectivity index (χ4n) is 6.41. The second kappa shape index (κ2) is 16.3. The Labute approximate surface area is 296 Å². The number of rotatable bonds is 8. The summed E-state index contributed by atoms with van der Waals surface area (Å²) < 4.78 is 7.62. The number of anilines is 3. The maximum atomic E-state index is 12.0. The van der Waals surface area contributed by atoms with E-state index in [4.69, 9.17) is 24.1 Å². The van der Waals surface area contributed by atoms with Crippen molar-refractivity contribution in [3.8, 4) is 5.75 Å². The van der Waals surface area contributed by atoms with E-state index in [0.29, 0.717) is 35.8 Å². The molecule has 0 spiro atoms. The van der Waals surface area contributed by atoms with Gasteiger partial charge in [0.05, 0.1) is 0 Å². The van der Waals surface area contributed by atoms with Gasteiger partial charge in [-0.1, -0.05) is 91.8 Å². The van der Waals surface area contributed by atoms with E-state index in [1.807, 2.05) is 29.7 Å². The molecule has 0 N–H and O–H groups in total. The summed E-state index contributed by atoms with van der Waals surface area (Å²) >= 11 is -1.92. The topological polar surface area (TPSA) is 36.0 Å². The minimum atomic E-state index is -1.92. The molecule has 0 bridgehead atoms. The molecule has 0 saturated carbocycles. The van der Waals surface area contributed by atoms with Crippen molar-refractivity contribution in [1.29, 1.82) is 0 Å². The molecule has 1 saturated heterocycles. The Hall–Kier alpha value is -2.40. The molecule has 5 nitrogen and oxygen atoms in total. The fraction of sp³-hybridized carbons (Fsp3) is 0.462. The zero-order valence-corrected chi connectivity index (χ0v) is 32.9. The molecule has 0 aliphatic carbocycles. The molecule has 2 heterocycles. The van der Waals surface area contributed by atoms with Crippen molar-refractivity contribution in [1.82, 2.24) is 0 Å². The van der Waals surface area contributed by atoms with Crippen LogP contribution in [0.15, 0.2) is 54.6 Å². The van der Waals surface area contributed by atoms with Crippen molar-refractivity contribution in [2.24, 2.45) is 0 Å². The van der Waals surface area contributed by atoms with Gasteiger partial charge >= 0.3 is 120 Å². The second-order valence-electron chi connectivity index (χ2n) is 13.6. The first-order valence-corrected chi connectivity index (χ1v) is 22.3. The van der Waals surface area contributed by atoms with E-state index in [0.717, 1.165) is 24.3 Å². The van der Waals surface area contributed by atoms with Gasteiger partial charge in [0.2, 0.25) is 0 Å². The predicted octanol–water partition coefficient (Wildman–Crippen LogP) is 10.5. The van der Waals surface area contributed by atoms with Crippen LogP contribution in [-0.4, -0.2) is 36.8 Å². The fourth-order valence-corrected chi connectivity index (χ4v) is 8.20. The van der Waals surface area contributed by atoms with Gasteiger partial charge in [0, 0.05) is 24.5 Å². The van der Waals surface area contributed by atoms with Crippen LogP contribution in [0.5, 0.6) is 5.75 Å². The van der Waals surface area contributed by atoms with Crippen LogP contribution in [0.25, 0.3) is 0 Å². The standard InChI is InChI=1S/C27H39N2.C12H13NO2.2ClH.Ru/c1-18(2)22-11-9-12-23(19(3)4)26(22)28-15-16-29(17-28)27-24(20(5)6)13-10-14-25(27)21(7)8;1-4-10-12(14)13(3)9-7-5-6-8(2)11(9)15-10;;;/h9-14,17-21H,15-16H2,1-8H3;2,5-7,10H,4H2,1,3H3;2*1H;/q-1;;;;+2/p-2. The molecule has 1 unspecified atom stereocenters. The molecule has 2 aliphatic heterocycles. The number of hydrogen-bond donors (Lipinski definition) is 0. The molecule has 1 atom stereocenters. The van der Waals surface area contributed by atoms with E-state index in [9.17, 15) is 4.79 Å². The number of fused-ring (bicyclic) bond motifs is 1. The van der Waals surface area contributed by atoms with E-state index < -0.39 is 19.6 Å². The number of para-hydroxylation sites is 3.